The topological polar surface area (TPSA) is 70.7 Å². The molecule has 34 heavy (non-hydrogen) atoms. The van der Waals surface area contributed by atoms with E-state index in [9.17, 15) is 5.26 Å². The number of fused-ring (bicyclic) bond motifs is 1. The molecule has 1 heterocycles. The Morgan fingerprint density at radius 1 is 0.941 bits per heavy atom. The first kappa shape index (κ1) is 22.9. The molecule has 0 spiro atoms. The van der Waals surface area contributed by atoms with E-state index in [2.05, 4.69) is 11.4 Å². The summed E-state index contributed by atoms with van der Waals surface area (Å²) in [6.07, 6.45) is 9.23. The zero-order valence-corrected chi connectivity index (χ0v) is 20.6. The molecule has 2 aliphatic carbocycles. The van der Waals surface area contributed by atoms with Gasteiger partial charge in [0, 0.05) is 22.2 Å². The van der Waals surface area contributed by atoms with Gasteiger partial charge in [0.05, 0.1) is 30.4 Å². The van der Waals surface area contributed by atoms with Crippen molar-refractivity contribution in [2.45, 2.75) is 76.0 Å². The molecule has 1 aromatic heterocycles. The van der Waals surface area contributed by atoms with Crippen molar-refractivity contribution in [2.75, 3.05) is 5.32 Å². The number of rotatable bonds is 7. The molecule has 0 bridgehead atoms. The van der Waals surface area contributed by atoms with Gasteiger partial charge in [-0.2, -0.15) is 10.4 Å². The van der Waals surface area contributed by atoms with Gasteiger partial charge in [-0.3, -0.25) is 0 Å². The summed E-state index contributed by atoms with van der Waals surface area (Å²) in [4.78, 5) is 0. The highest BCUT2D eigenvalue weighted by Gasteiger charge is 2.43. The fourth-order valence-corrected chi connectivity index (χ4v) is 9.18. The Morgan fingerprint density at radius 3 is 2.21 bits per heavy atom. The van der Waals surface area contributed by atoms with Gasteiger partial charge < -0.3 is 9.88 Å². The maximum atomic E-state index is 15.3. The van der Waals surface area contributed by atoms with Crippen LogP contribution in [0.4, 0.5) is 5.82 Å². The summed E-state index contributed by atoms with van der Waals surface area (Å²) in [7, 11) is -2.98. The number of benzene rings is 2. The first-order valence-electron chi connectivity index (χ1n) is 12.7. The Labute approximate surface area is 202 Å². The van der Waals surface area contributed by atoms with Crippen LogP contribution in [0.15, 0.2) is 60.7 Å². The molecule has 6 heteroatoms. The van der Waals surface area contributed by atoms with Crippen molar-refractivity contribution in [3.8, 4) is 6.07 Å². The molecule has 5 nitrogen and oxygen atoms in total. The standard InChI is InChI=1S/C28H33N4OP/c29-20-11-21-32-28(30-22-12-4-1-5-13-22)27-25(31-32)18-10-19-26(27)34(33,23-14-6-2-7-15-23)24-16-8-3-9-17-24/h2-3,6-9,14-17,22,26,30H,1,4-5,10-13,18-19,21H2. The quantitative estimate of drug-likeness (QED) is 0.433. The van der Waals surface area contributed by atoms with Crippen LogP contribution in [0.25, 0.3) is 0 Å². The molecule has 0 aliphatic heterocycles. The van der Waals surface area contributed by atoms with Gasteiger partial charge in [0.1, 0.15) is 5.82 Å². The van der Waals surface area contributed by atoms with Gasteiger partial charge in [0.2, 0.25) is 0 Å². The molecule has 0 radical (unpaired) electrons. The van der Waals surface area contributed by atoms with E-state index < -0.39 is 7.14 Å². The van der Waals surface area contributed by atoms with E-state index >= 15 is 4.57 Å². The van der Waals surface area contributed by atoms with Gasteiger partial charge in [-0.05, 0) is 32.1 Å². The largest absolute Gasteiger partial charge is 0.367 e. The van der Waals surface area contributed by atoms with Crippen LogP contribution < -0.4 is 15.9 Å². The summed E-state index contributed by atoms with van der Waals surface area (Å²) >= 11 is 0. The lowest BCUT2D eigenvalue weighted by atomic mass is 9.94. The second kappa shape index (κ2) is 10.2. The fourth-order valence-electron chi connectivity index (χ4n) is 5.75. The molecule has 1 unspecified atom stereocenters. The highest BCUT2D eigenvalue weighted by Crippen LogP contribution is 2.62. The SMILES string of the molecule is N#CCCn1nc2c(c1NC1CCCCC1)C(P(=O)(c1ccccc1)c1ccccc1)CCC2. The van der Waals surface area contributed by atoms with Crippen molar-refractivity contribution in [2.24, 2.45) is 0 Å². The van der Waals surface area contributed by atoms with Crippen LogP contribution in [-0.4, -0.2) is 15.8 Å². The van der Waals surface area contributed by atoms with Crippen molar-refractivity contribution in [1.82, 2.24) is 9.78 Å². The number of hydrogen-bond acceptors (Lipinski definition) is 4. The Kier molecular flexibility index (Phi) is 6.88. The Bertz CT molecular complexity index is 1150. The van der Waals surface area contributed by atoms with E-state index in [1.54, 1.807) is 0 Å². The number of anilines is 1. The molecule has 5 rings (SSSR count). The number of nitrogens with one attached hydrogen (secondary N) is 1. The molecule has 176 valence electrons. The fraction of sp³-hybridized carbons (Fsp3) is 0.429. The number of nitriles is 1. The van der Waals surface area contributed by atoms with Gasteiger partial charge in [0.15, 0.2) is 7.14 Å². The first-order valence-corrected chi connectivity index (χ1v) is 14.4. The summed E-state index contributed by atoms with van der Waals surface area (Å²) in [6, 6.07) is 22.7. The lowest BCUT2D eigenvalue weighted by Gasteiger charge is -2.33. The summed E-state index contributed by atoms with van der Waals surface area (Å²) in [5.74, 6) is 1.01. The maximum Gasteiger partial charge on any atom is 0.150 e. The smallest absolute Gasteiger partial charge is 0.150 e. The summed E-state index contributed by atoms with van der Waals surface area (Å²) in [6.45, 7) is 0.562. The molecule has 1 N–H and O–H groups in total. The molecule has 0 saturated heterocycles. The van der Waals surface area contributed by atoms with Gasteiger partial charge in [-0.1, -0.05) is 79.9 Å². The molecule has 2 aromatic carbocycles. The molecular formula is C28H33N4OP. The lowest BCUT2D eigenvalue weighted by molar-refractivity contribution is 0.458. The molecule has 3 aromatic rings. The zero-order valence-electron chi connectivity index (χ0n) is 19.7. The number of hydrogen-bond donors (Lipinski definition) is 1. The van der Waals surface area contributed by atoms with Gasteiger partial charge in [-0.25, -0.2) is 4.68 Å². The second-order valence-corrected chi connectivity index (χ2v) is 12.5. The van der Waals surface area contributed by atoms with E-state index in [1.165, 1.54) is 19.3 Å². The Morgan fingerprint density at radius 2 is 1.59 bits per heavy atom. The minimum atomic E-state index is -2.98. The molecule has 1 atom stereocenters. The molecular weight excluding hydrogens is 439 g/mol. The lowest BCUT2D eigenvalue weighted by Crippen LogP contribution is -2.27. The summed E-state index contributed by atoms with van der Waals surface area (Å²) < 4.78 is 17.3. The van der Waals surface area contributed by atoms with E-state index in [0.717, 1.165) is 59.8 Å². The van der Waals surface area contributed by atoms with Crippen molar-refractivity contribution in [3.05, 3.63) is 71.9 Å². The van der Waals surface area contributed by atoms with Crippen LogP contribution in [0.1, 0.15) is 68.3 Å². The van der Waals surface area contributed by atoms with Crippen LogP contribution >= 0.6 is 7.14 Å². The first-order chi connectivity index (χ1) is 16.7. The van der Waals surface area contributed by atoms with Crippen molar-refractivity contribution in [1.29, 1.82) is 5.26 Å². The van der Waals surface area contributed by atoms with E-state index in [0.29, 0.717) is 19.0 Å². The van der Waals surface area contributed by atoms with Gasteiger partial charge >= 0.3 is 0 Å². The zero-order chi connectivity index (χ0) is 23.4. The highest BCUT2D eigenvalue weighted by molar-refractivity contribution is 7.79. The predicted molar refractivity (Wildman–Crippen MR) is 138 cm³/mol. The summed E-state index contributed by atoms with van der Waals surface area (Å²) in [5, 5.41) is 19.9. The molecule has 2 aliphatic rings. The van der Waals surface area contributed by atoms with Crippen molar-refractivity contribution >= 4 is 23.6 Å². The highest BCUT2D eigenvalue weighted by atomic mass is 31.2. The van der Waals surface area contributed by atoms with Gasteiger partial charge in [-0.15, -0.1) is 0 Å². The number of aromatic nitrogens is 2. The van der Waals surface area contributed by atoms with E-state index in [1.807, 2.05) is 65.3 Å². The normalized spacial score (nSPS) is 18.7. The monoisotopic (exact) mass is 472 g/mol. The minimum Gasteiger partial charge on any atom is -0.367 e. The van der Waals surface area contributed by atoms with E-state index in [4.69, 9.17) is 5.10 Å². The van der Waals surface area contributed by atoms with Crippen LogP contribution in [0.5, 0.6) is 0 Å². The number of nitrogens with zero attached hydrogens (tertiary/aromatic N) is 3. The van der Waals surface area contributed by atoms with Gasteiger partial charge in [0.25, 0.3) is 0 Å². The Hall–Kier alpha value is -2.83. The predicted octanol–water partition coefficient (Wildman–Crippen LogP) is 5.93. The van der Waals surface area contributed by atoms with Crippen LogP contribution in [0.2, 0.25) is 0 Å². The summed E-state index contributed by atoms with van der Waals surface area (Å²) in [5.41, 5.74) is 2.06. The van der Waals surface area contributed by atoms with Crippen LogP contribution in [0, 0.1) is 11.3 Å². The number of aryl methyl sites for hydroxylation is 2. The van der Waals surface area contributed by atoms with Crippen LogP contribution in [0.3, 0.4) is 0 Å². The second-order valence-electron chi connectivity index (χ2n) is 9.56. The average molecular weight is 473 g/mol. The van der Waals surface area contributed by atoms with E-state index in [-0.39, 0.29) is 5.66 Å². The third-order valence-corrected chi connectivity index (χ3v) is 10.9. The third kappa shape index (κ3) is 4.32. The maximum absolute atomic E-state index is 15.3. The average Bonchev–Trinajstić information content (AvgIpc) is 3.25. The van der Waals surface area contributed by atoms with Crippen molar-refractivity contribution in [3.63, 3.8) is 0 Å². The third-order valence-electron chi connectivity index (χ3n) is 7.39. The van der Waals surface area contributed by atoms with Crippen molar-refractivity contribution < 1.29 is 4.57 Å². The minimum absolute atomic E-state index is 0.122. The molecule has 1 fully saturated rings. The van der Waals surface area contributed by atoms with Crippen LogP contribution in [-0.2, 0) is 17.5 Å². The molecule has 1 saturated carbocycles. The molecule has 0 amide bonds. The Balaban J connectivity index is 1.66.